The Kier molecular flexibility index (Phi) is 4.69. The molecule has 0 amide bonds. The molecule has 0 aliphatic carbocycles. The number of benzene rings is 1. The number of hydrogen-bond donors (Lipinski definition) is 1. The SMILES string of the molecule is CC1(Nc2ncc(CN3CCc4ccccc4C3)c3nc(-c4ccco4)nn23)CCCO1. The molecule has 2 aliphatic rings. The van der Waals surface area contributed by atoms with E-state index in [2.05, 4.69) is 41.4 Å². The van der Waals surface area contributed by atoms with Gasteiger partial charge in [-0.15, -0.1) is 5.10 Å². The molecule has 6 rings (SSSR count). The predicted molar refractivity (Wildman–Crippen MR) is 120 cm³/mol. The Bertz CT molecular complexity index is 1240. The lowest BCUT2D eigenvalue weighted by molar-refractivity contribution is 0.0437. The number of rotatable bonds is 5. The van der Waals surface area contributed by atoms with Crippen molar-refractivity contribution in [1.29, 1.82) is 0 Å². The molecule has 8 nitrogen and oxygen atoms in total. The van der Waals surface area contributed by atoms with Crippen molar-refractivity contribution in [3.63, 3.8) is 0 Å². The summed E-state index contributed by atoms with van der Waals surface area (Å²) in [7, 11) is 0. The molecule has 1 unspecified atom stereocenters. The van der Waals surface area contributed by atoms with Crippen molar-refractivity contribution in [3.05, 3.63) is 65.5 Å². The molecule has 1 atom stereocenters. The van der Waals surface area contributed by atoms with Crippen LogP contribution in [0.1, 0.15) is 36.5 Å². The van der Waals surface area contributed by atoms with E-state index in [0.717, 1.165) is 56.7 Å². The molecule has 0 spiro atoms. The first-order chi connectivity index (χ1) is 15.7. The molecule has 1 saturated heterocycles. The molecule has 164 valence electrons. The first-order valence-electron chi connectivity index (χ1n) is 11.2. The van der Waals surface area contributed by atoms with Crippen LogP contribution in [0.2, 0.25) is 0 Å². The van der Waals surface area contributed by atoms with Gasteiger partial charge >= 0.3 is 0 Å². The summed E-state index contributed by atoms with van der Waals surface area (Å²) in [6.07, 6.45) is 6.55. The van der Waals surface area contributed by atoms with Gasteiger partial charge in [-0.25, -0.2) is 9.97 Å². The van der Waals surface area contributed by atoms with Gasteiger partial charge < -0.3 is 14.5 Å². The highest BCUT2D eigenvalue weighted by Gasteiger charge is 2.31. The summed E-state index contributed by atoms with van der Waals surface area (Å²) in [5.74, 6) is 1.82. The minimum Gasteiger partial charge on any atom is -0.461 e. The van der Waals surface area contributed by atoms with Crippen LogP contribution in [-0.4, -0.2) is 43.4 Å². The maximum atomic E-state index is 5.92. The first kappa shape index (κ1) is 19.5. The second-order valence-electron chi connectivity index (χ2n) is 8.79. The normalized spacial score (nSPS) is 21.2. The standard InChI is InChI=1S/C24H26N6O2/c1-24(10-5-13-32-24)27-23-25-14-19(16-29-11-9-17-6-2-3-7-18(17)15-29)22-26-21(28-30(22)23)20-8-4-12-31-20/h2-4,6-8,12,14H,5,9-11,13,15-16H2,1H3,(H,25,27). The second-order valence-corrected chi connectivity index (χ2v) is 8.79. The van der Waals surface area contributed by atoms with Gasteiger partial charge in [-0.1, -0.05) is 24.3 Å². The molecule has 1 aromatic carbocycles. The van der Waals surface area contributed by atoms with Crippen LogP contribution < -0.4 is 5.32 Å². The van der Waals surface area contributed by atoms with Crippen molar-refractivity contribution < 1.29 is 9.15 Å². The summed E-state index contributed by atoms with van der Waals surface area (Å²) in [5.41, 5.74) is 4.21. The van der Waals surface area contributed by atoms with Gasteiger partial charge in [0.25, 0.3) is 0 Å². The number of fused-ring (bicyclic) bond motifs is 2. The second kappa shape index (κ2) is 7.72. The lowest BCUT2D eigenvalue weighted by Crippen LogP contribution is -2.35. The minimum atomic E-state index is -0.450. The third-order valence-electron chi connectivity index (χ3n) is 6.38. The smallest absolute Gasteiger partial charge is 0.228 e. The highest BCUT2D eigenvalue weighted by atomic mass is 16.5. The van der Waals surface area contributed by atoms with Gasteiger partial charge in [0.2, 0.25) is 11.8 Å². The van der Waals surface area contributed by atoms with Crippen LogP contribution in [0.25, 0.3) is 17.2 Å². The van der Waals surface area contributed by atoms with Crippen molar-refractivity contribution in [1.82, 2.24) is 24.5 Å². The van der Waals surface area contributed by atoms with E-state index in [0.29, 0.717) is 17.5 Å². The monoisotopic (exact) mass is 430 g/mol. The fourth-order valence-corrected chi connectivity index (χ4v) is 4.67. The van der Waals surface area contributed by atoms with Crippen molar-refractivity contribution in [2.24, 2.45) is 0 Å². The van der Waals surface area contributed by atoms with E-state index in [-0.39, 0.29) is 0 Å². The third kappa shape index (κ3) is 3.55. The number of nitrogens with zero attached hydrogens (tertiary/aromatic N) is 5. The summed E-state index contributed by atoms with van der Waals surface area (Å²) < 4.78 is 13.3. The number of hydrogen-bond acceptors (Lipinski definition) is 7. The van der Waals surface area contributed by atoms with E-state index in [9.17, 15) is 0 Å². The molecule has 5 heterocycles. The van der Waals surface area contributed by atoms with Gasteiger partial charge in [0, 0.05) is 38.0 Å². The molecule has 32 heavy (non-hydrogen) atoms. The Morgan fingerprint density at radius 3 is 2.88 bits per heavy atom. The maximum Gasteiger partial charge on any atom is 0.228 e. The zero-order valence-electron chi connectivity index (χ0n) is 18.1. The summed E-state index contributed by atoms with van der Waals surface area (Å²) >= 11 is 0. The Hall–Kier alpha value is -3.23. The molecule has 2 aliphatic heterocycles. The van der Waals surface area contributed by atoms with E-state index in [4.69, 9.17) is 24.2 Å². The first-order valence-corrected chi connectivity index (χ1v) is 11.2. The molecule has 1 N–H and O–H groups in total. The Balaban J connectivity index is 1.36. The largest absolute Gasteiger partial charge is 0.461 e. The topological polar surface area (TPSA) is 80.7 Å². The van der Waals surface area contributed by atoms with Crippen molar-refractivity contribution in [2.75, 3.05) is 18.5 Å². The molecule has 0 bridgehead atoms. The average Bonchev–Trinajstić information content (AvgIpc) is 3.56. The lowest BCUT2D eigenvalue weighted by Gasteiger charge is -2.29. The summed E-state index contributed by atoms with van der Waals surface area (Å²) in [5, 5.41) is 8.18. The van der Waals surface area contributed by atoms with Crippen LogP contribution in [0, 0.1) is 0 Å². The van der Waals surface area contributed by atoms with Gasteiger partial charge in [0.05, 0.1) is 6.26 Å². The number of furan rings is 1. The van der Waals surface area contributed by atoms with E-state index in [1.165, 1.54) is 11.1 Å². The van der Waals surface area contributed by atoms with Gasteiger partial charge in [-0.05, 0) is 49.4 Å². The fourth-order valence-electron chi connectivity index (χ4n) is 4.67. The van der Waals surface area contributed by atoms with Crippen molar-refractivity contribution in [3.8, 4) is 11.6 Å². The molecule has 1 fully saturated rings. The highest BCUT2D eigenvalue weighted by Crippen LogP contribution is 2.28. The van der Waals surface area contributed by atoms with Crippen LogP contribution in [-0.2, 0) is 24.2 Å². The van der Waals surface area contributed by atoms with Gasteiger partial charge in [-0.3, -0.25) is 4.90 Å². The third-order valence-corrected chi connectivity index (χ3v) is 6.38. The average molecular weight is 431 g/mol. The van der Waals surface area contributed by atoms with Crippen LogP contribution in [0.15, 0.2) is 53.3 Å². The molecule has 8 heteroatoms. The zero-order valence-corrected chi connectivity index (χ0v) is 18.1. The number of anilines is 1. The fraction of sp³-hybridized carbons (Fsp3) is 0.375. The van der Waals surface area contributed by atoms with E-state index in [1.54, 1.807) is 10.8 Å². The summed E-state index contributed by atoms with van der Waals surface area (Å²) in [4.78, 5) is 12.0. The predicted octanol–water partition coefficient (Wildman–Crippen LogP) is 3.88. The number of ether oxygens (including phenoxy) is 1. The molecule has 3 aromatic heterocycles. The van der Waals surface area contributed by atoms with Crippen LogP contribution >= 0.6 is 0 Å². The summed E-state index contributed by atoms with van der Waals surface area (Å²) in [6, 6.07) is 12.4. The molecule has 0 radical (unpaired) electrons. The van der Waals surface area contributed by atoms with E-state index in [1.807, 2.05) is 18.3 Å². The van der Waals surface area contributed by atoms with Gasteiger partial charge in [0.1, 0.15) is 5.72 Å². The van der Waals surface area contributed by atoms with Crippen LogP contribution in [0.5, 0.6) is 0 Å². The van der Waals surface area contributed by atoms with E-state index >= 15 is 0 Å². The van der Waals surface area contributed by atoms with Crippen LogP contribution in [0.3, 0.4) is 0 Å². The molecular weight excluding hydrogens is 404 g/mol. The van der Waals surface area contributed by atoms with Crippen molar-refractivity contribution >= 4 is 11.6 Å². The quantitative estimate of drug-likeness (QED) is 0.515. The maximum absolute atomic E-state index is 5.92. The molecule has 4 aromatic rings. The number of aromatic nitrogens is 4. The molecular formula is C24H26N6O2. The highest BCUT2D eigenvalue weighted by molar-refractivity contribution is 5.58. The van der Waals surface area contributed by atoms with E-state index < -0.39 is 5.72 Å². The van der Waals surface area contributed by atoms with Gasteiger partial charge in [0.15, 0.2) is 11.4 Å². The minimum absolute atomic E-state index is 0.450. The Morgan fingerprint density at radius 1 is 1.16 bits per heavy atom. The lowest BCUT2D eigenvalue weighted by atomic mass is 10.00. The Morgan fingerprint density at radius 2 is 2.06 bits per heavy atom. The van der Waals surface area contributed by atoms with Crippen LogP contribution in [0.4, 0.5) is 5.95 Å². The van der Waals surface area contributed by atoms with Gasteiger partial charge in [-0.2, -0.15) is 4.52 Å². The molecule has 0 saturated carbocycles. The Labute approximate surface area is 186 Å². The summed E-state index contributed by atoms with van der Waals surface area (Å²) in [6.45, 7) is 5.49. The van der Waals surface area contributed by atoms with Crippen molar-refractivity contribution in [2.45, 2.75) is 45.0 Å². The zero-order chi connectivity index (χ0) is 21.5. The number of nitrogens with one attached hydrogen (secondary N) is 1.